The topological polar surface area (TPSA) is 62.3 Å². The van der Waals surface area contributed by atoms with E-state index in [0.29, 0.717) is 12.5 Å². The van der Waals surface area contributed by atoms with Crippen LogP contribution in [0.2, 0.25) is 0 Å². The van der Waals surface area contributed by atoms with Crippen molar-refractivity contribution in [3.05, 3.63) is 44.5 Å². The van der Waals surface area contributed by atoms with Gasteiger partial charge in [0, 0.05) is 55.2 Å². The van der Waals surface area contributed by atoms with Gasteiger partial charge in [-0.25, -0.2) is 4.98 Å². The first-order valence-corrected chi connectivity index (χ1v) is 10.6. The van der Waals surface area contributed by atoms with Crippen LogP contribution in [0.4, 0.5) is 0 Å². The van der Waals surface area contributed by atoms with E-state index in [1.165, 1.54) is 6.92 Å². The number of carbonyl (C=O) groups is 2. The lowest BCUT2D eigenvalue weighted by Crippen LogP contribution is -2.38. The standard InChI is InChI=1S/C19H23N3O2S2/c1-14(23)20-9-8-16-13-26-19(21-16)15-4-2-10-22(12-15)18(24)7-6-17-5-3-11-25-17/h3,5-7,11,13,15H,2,4,8-10,12H2,1H3,(H,20,23)/b7-6+/t15-/m1/s1. The van der Waals surface area contributed by atoms with E-state index < -0.39 is 0 Å². The second-order valence-electron chi connectivity index (χ2n) is 6.38. The van der Waals surface area contributed by atoms with Crippen molar-refractivity contribution >= 4 is 40.6 Å². The van der Waals surface area contributed by atoms with Crippen molar-refractivity contribution < 1.29 is 9.59 Å². The van der Waals surface area contributed by atoms with Crippen LogP contribution < -0.4 is 5.32 Å². The van der Waals surface area contributed by atoms with Crippen molar-refractivity contribution in [2.45, 2.75) is 32.1 Å². The molecule has 0 saturated carbocycles. The highest BCUT2D eigenvalue weighted by molar-refractivity contribution is 7.10. The second kappa shape index (κ2) is 9.09. The van der Waals surface area contributed by atoms with Gasteiger partial charge in [-0.15, -0.1) is 22.7 Å². The zero-order valence-electron chi connectivity index (χ0n) is 14.8. The molecule has 1 atom stereocenters. The highest BCUT2D eigenvalue weighted by Gasteiger charge is 2.25. The maximum absolute atomic E-state index is 12.5. The molecule has 138 valence electrons. The van der Waals surface area contributed by atoms with E-state index in [1.807, 2.05) is 28.5 Å². The first-order chi connectivity index (χ1) is 12.6. The number of likely N-dealkylation sites (tertiary alicyclic amines) is 1. The van der Waals surface area contributed by atoms with Gasteiger partial charge in [0.1, 0.15) is 0 Å². The Morgan fingerprint density at radius 3 is 3.08 bits per heavy atom. The zero-order chi connectivity index (χ0) is 18.4. The summed E-state index contributed by atoms with van der Waals surface area (Å²) >= 11 is 3.29. The summed E-state index contributed by atoms with van der Waals surface area (Å²) in [4.78, 5) is 31.2. The molecule has 2 aromatic rings. The van der Waals surface area contributed by atoms with E-state index in [9.17, 15) is 9.59 Å². The van der Waals surface area contributed by atoms with Gasteiger partial charge in [0.2, 0.25) is 11.8 Å². The molecule has 0 spiro atoms. The lowest BCUT2D eigenvalue weighted by molar-refractivity contribution is -0.127. The highest BCUT2D eigenvalue weighted by Crippen LogP contribution is 2.29. The number of rotatable bonds is 6. The molecule has 1 aliphatic heterocycles. The van der Waals surface area contributed by atoms with Crippen molar-refractivity contribution in [2.75, 3.05) is 19.6 Å². The second-order valence-corrected chi connectivity index (χ2v) is 8.25. The number of amides is 2. The lowest BCUT2D eigenvalue weighted by atomic mass is 9.98. The van der Waals surface area contributed by atoms with Gasteiger partial charge >= 0.3 is 0 Å². The Bertz CT molecular complexity index is 768. The molecule has 5 nitrogen and oxygen atoms in total. The smallest absolute Gasteiger partial charge is 0.246 e. The molecule has 1 N–H and O–H groups in total. The summed E-state index contributed by atoms with van der Waals surface area (Å²) < 4.78 is 0. The van der Waals surface area contributed by atoms with Crippen LogP contribution in [0.25, 0.3) is 6.08 Å². The van der Waals surface area contributed by atoms with Crippen LogP contribution in [-0.2, 0) is 16.0 Å². The minimum absolute atomic E-state index is 0.0162. The first kappa shape index (κ1) is 18.8. The molecule has 26 heavy (non-hydrogen) atoms. The molecule has 1 saturated heterocycles. The number of nitrogens with one attached hydrogen (secondary N) is 1. The monoisotopic (exact) mass is 389 g/mol. The average molecular weight is 390 g/mol. The van der Waals surface area contributed by atoms with Crippen LogP contribution in [0.5, 0.6) is 0 Å². The summed E-state index contributed by atoms with van der Waals surface area (Å²) in [6.07, 6.45) is 6.38. The fraction of sp³-hybridized carbons (Fsp3) is 0.421. The molecular weight excluding hydrogens is 366 g/mol. The molecule has 2 amide bonds. The number of thiazole rings is 1. The maximum atomic E-state index is 12.5. The SMILES string of the molecule is CC(=O)NCCc1csc([C@@H]2CCCN(C(=O)/C=C/c3cccs3)C2)n1. The Morgan fingerprint density at radius 2 is 2.31 bits per heavy atom. The molecular formula is C19H23N3O2S2. The summed E-state index contributed by atoms with van der Waals surface area (Å²) in [6, 6.07) is 3.99. The van der Waals surface area contributed by atoms with Gasteiger partial charge in [-0.3, -0.25) is 9.59 Å². The Balaban J connectivity index is 1.55. The molecule has 2 aromatic heterocycles. The molecule has 7 heteroatoms. The quantitative estimate of drug-likeness (QED) is 0.771. The van der Waals surface area contributed by atoms with Crippen molar-refractivity contribution in [2.24, 2.45) is 0 Å². The molecule has 0 radical (unpaired) electrons. The third-order valence-electron chi connectivity index (χ3n) is 4.34. The molecule has 0 bridgehead atoms. The Morgan fingerprint density at radius 1 is 1.42 bits per heavy atom. The van der Waals surface area contributed by atoms with E-state index in [1.54, 1.807) is 28.7 Å². The van der Waals surface area contributed by atoms with Gasteiger partial charge < -0.3 is 10.2 Å². The number of carbonyl (C=O) groups excluding carboxylic acids is 2. The lowest BCUT2D eigenvalue weighted by Gasteiger charge is -2.31. The Hall–Kier alpha value is -1.99. The number of piperidine rings is 1. The predicted molar refractivity (Wildman–Crippen MR) is 106 cm³/mol. The van der Waals surface area contributed by atoms with Crippen LogP contribution in [-0.4, -0.2) is 41.3 Å². The maximum Gasteiger partial charge on any atom is 0.246 e. The minimum Gasteiger partial charge on any atom is -0.356 e. The third-order valence-corrected chi connectivity index (χ3v) is 6.23. The number of thiophene rings is 1. The van der Waals surface area contributed by atoms with Crippen LogP contribution in [0.1, 0.15) is 41.3 Å². The van der Waals surface area contributed by atoms with E-state index in [2.05, 4.69) is 10.7 Å². The highest BCUT2D eigenvalue weighted by atomic mass is 32.1. The number of aromatic nitrogens is 1. The average Bonchev–Trinajstić information content (AvgIpc) is 3.31. The van der Waals surface area contributed by atoms with Crippen LogP contribution in [0.3, 0.4) is 0 Å². The van der Waals surface area contributed by atoms with Crippen LogP contribution >= 0.6 is 22.7 Å². The van der Waals surface area contributed by atoms with Gasteiger partial charge in [0.15, 0.2) is 0 Å². The summed E-state index contributed by atoms with van der Waals surface area (Å²) in [7, 11) is 0. The summed E-state index contributed by atoms with van der Waals surface area (Å²) in [6.45, 7) is 3.67. The fourth-order valence-electron chi connectivity index (χ4n) is 3.02. The van der Waals surface area contributed by atoms with Crippen LogP contribution in [0, 0.1) is 0 Å². The third kappa shape index (κ3) is 5.25. The molecule has 3 heterocycles. The largest absolute Gasteiger partial charge is 0.356 e. The van der Waals surface area contributed by atoms with Gasteiger partial charge in [0.25, 0.3) is 0 Å². The van der Waals surface area contributed by atoms with Gasteiger partial charge in [0.05, 0.1) is 10.7 Å². The van der Waals surface area contributed by atoms with Crippen LogP contribution in [0.15, 0.2) is 29.0 Å². The number of hydrogen-bond donors (Lipinski definition) is 1. The van der Waals surface area contributed by atoms with Crippen molar-refractivity contribution in [3.8, 4) is 0 Å². The molecule has 1 fully saturated rings. The number of hydrogen-bond acceptors (Lipinski definition) is 5. The van der Waals surface area contributed by atoms with E-state index >= 15 is 0 Å². The first-order valence-electron chi connectivity index (χ1n) is 8.81. The van der Waals surface area contributed by atoms with Gasteiger partial charge in [-0.2, -0.15) is 0 Å². The predicted octanol–water partition coefficient (Wildman–Crippen LogP) is 3.30. The summed E-state index contributed by atoms with van der Waals surface area (Å²) in [5.74, 6) is 0.366. The molecule has 0 aromatic carbocycles. The van der Waals surface area contributed by atoms with Gasteiger partial charge in [-0.05, 0) is 30.4 Å². The van der Waals surface area contributed by atoms with Crippen molar-refractivity contribution in [1.82, 2.24) is 15.2 Å². The molecule has 0 unspecified atom stereocenters. The Labute approximate surface area is 161 Å². The summed E-state index contributed by atoms with van der Waals surface area (Å²) in [5, 5.41) is 7.97. The molecule has 3 rings (SSSR count). The minimum atomic E-state index is -0.0162. The Kier molecular flexibility index (Phi) is 6.57. The van der Waals surface area contributed by atoms with E-state index in [-0.39, 0.29) is 11.8 Å². The normalized spacial score (nSPS) is 17.6. The zero-order valence-corrected chi connectivity index (χ0v) is 16.4. The fourth-order valence-corrected chi connectivity index (χ4v) is 4.62. The van der Waals surface area contributed by atoms with Gasteiger partial charge in [-0.1, -0.05) is 6.07 Å². The molecule has 0 aliphatic carbocycles. The van der Waals surface area contributed by atoms with Crippen molar-refractivity contribution in [3.63, 3.8) is 0 Å². The van der Waals surface area contributed by atoms with E-state index in [4.69, 9.17) is 4.98 Å². The molecule has 1 aliphatic rings. The van der Waals surface area contributed by atoms with Crippen molar-refractivity contribution in [1.29, 1.82) is 0 Å². The summed E-state index contributed by atoms with van der Waals surface area (Å²) in [5.41, 5.74) is 1.01. The number of nitrogens with zero attached hydrogens (tertiary/aromatic N) is 2. The van der Waals surface area contributed by atoms with E-state index in [0.717, 1.165) is 47.9 Å².